The minimum Gasteiger partial charge on any atom is -0.103 e. The molecule has 3 saturated carbocycles. The maximum atomic E-state index is 4.26. The summed E-state index contributed by atoms with van der Waals surface area (Å²) in [4.78, 5) is 0. The highest BCUT2D eigenvalue weighted by Crippen LogP contribution is 2.54. The summed E-state index contributed by atoms with van der Waals surface area (Å²) in [7, 11) is 2.50. The van der Waals surface area contributed by atoms with Crippen LogP contribution in [0, 0.1) is 47.3 Å². The molecule has 0 nitrogen and oxygen atoms in total. The van der Waals surface area contributed by atoms with Gasteiger partial charge in [-0.15, -0.1) is 6.58 Å². The highest BCUT2D eigenvalue weighted by atomic mass is 14.5. The Hall–Kier alpha value is -0.195. The van der Waals surface area contributed by atoms with Crippen molar-refractivity contribution in [2.24, 2.45) is 47.3 Å². The molecule has 0 bridgehead atoms. The molecule has 0 aromatic heterocycles. The van der Waals surface area contributed by atoms with Gasteiger partial charge in [0.15, 0.2) is 0 Å². The molecule has 0 N–H and O–H groups in total. The summed E-state index contributed by atoms with van der Waals surface area (Å²) in [6.07, 6.45) is 18.6. The lowest BCUT2D eigenvalue weighted by Gasteiger charge is -2.52. The second kappa shape index (κ2) is 9.33. The van der Waals surface area contributed by atoms with Gasteiger partial charge in [-0.25, -0.2) is 0 Å². The molecule has 0 aliphatic heterocycles. The zero-order valence-corrected chi connectivity index (χ0v) is 18.3. The molecule has 0 spiro atoms. The van der Waals surface area contributed by atoms with Crippen molar-refractivity contribution in [3.63, 3.8) is 0 Å². The van der Waals surface area contributed by atoms with Gasteiger partial charge in [0.1, 0.15) is 7.85 Å². The van der Waals surface area contributed by atoms with Crippen LogP contribution in [0.2, 0.25) is 5.82 Å². The highest BCUT2D eigenvalue weighted by Gasteiger charge is 2.45. The third-order valence-corrected chi connectivity index (χ3v) is 8.92. The lowest BCUT2D eigenvalue weighted by molar-refractivity contribution is -0.0111. The second-order valence-corrected chi connectivity index (χ2v) is 11.0. The van der Waals surface area contributed by atoms with Gasteiger partial charge in [-0.2, -0.15) is 0 Å². The Bertz CT molecular complexity index is 433. The minimum absolute atomic E-state index is 0.775. The maximum absolute atomic E-state index is 4.26. The molecule has 0 heterocycles. The first kappa shape index (κ1) is 20.5. The van der Waals surface area contributed by atoms with Gasteiger partial charge in [0.2, 0.25) is 0 Å². The van der Waals surface area contributed by atoms with Crippen molar-refractivity contribution in [2.75, 3.05) is 0 Å². The van der Waals surface area contributed by atoms with E-state index >= 15 is 0 Å². The third kappa shape index (κ3) is 4.80. The molecule has 7 atom stereocenters. The highest BCUT2D eigenvalue weighted by molar-refractivity contribution is 6.11. The van der Waals surface area contributed by atoms with Crippen LogP contribution in [0.3, 0.4) is 0 Å². The van der Waals surface area contributed by atoms with Crippen molar-refractivity contribution < 1.29 is 0 Å². The van der Waals surface area contributed by atoms with E-state index in [4.69, 9.17) is 0 Å². The second-order valence-electron chi connectivity index (χ2n) is 11.0. The topological polar surface area (TPSA) is 0 Å². The van der Waals surface area contributed by atoms with Crippen molar-refractivity contribution in [2.45, 2.75) is 97.2 Å². The zero-order chi connectivity index (χ0) is 18.7. The van der Waals surface area contributed by atoms with Gasteiger partial charge in [0, 0.05) is 0 Å². The Kier molecular flexibility index (Phi) is 7.37. The van der Waals surface area contributed by atoms with E-state index in [1.807, 2.05) is 0 Å². The lowest BCUT2D eigenvalue weighted by Crippen LogP contribution is -2.44. The van der Waals surface area contributed by atoms with Crippen molar-refractivity contribution in [3.8, 4) is 0 Å². The monoisotopic (exact) mass is 356 g/mol. The molecule has 3 aliphatic rings. The van der Waals surface area contributed by atoms with Crippen LogP contribution in [0.15, 0.2) is 12.7 Å². The Morgan fingerprint density at radius 1 is 0.962 bits per heavy atom. The fourth-order valence-corrected chi connectivity index (χ4v) is 7.29. The Morgan fingerprint density at radius 3 is 2.35 bits per heavy atom. The molecule has 7 unspecified atom stereocenters. The van der Waals surface area contributed by atoms with Gasteiger partial charge in [-0.05, 0) is 66.6 Å². The normalized spacial score (nSPS) is 40.2. The first-order chi connectivity index (χ1) is 12.5. The zero-order valence-electron chi connectivity index (χ0n) is 18.3. The lowest BCUT2D eigenvalue weighted by atomic mass is 9.51. The van der Waals surface area contributed by atoms with E-state index < -0.39 is 0 Å². The van der Waals surface area contributed by atoms with Gasteiger partial charge < -0.3 is 0 Å². The van der Waals surface area contributed by atoms with Crippen LogP contribution in [-0.4, -0.2) is 7.85 Å². The Labute approximate surface area is 165 Å². The number of fused-ring (bicyclic) bond motifs is 1. The average molecular weight is 356 g/mol. The van der Waals surface area contributed by atoms with Crippen molar-refractivity contribution in [1.82, 2.24) is 0 Å². The van der Waals surface area contributed by atoms with E-state index in [-0.39, 0.29) is 0 Å². The Balaban J connectivity index is 1.65. The molecule has 0 amide bonds. The maximum Gasteiger partial charge on any atom is 0.105 e. The van der Waals surface area contributed by atoms with Crippen LogP contribution in [0.25, 0.3) is 0 Å². The predicted octanol–water partition coefficient (Wildman–Crippen LogP) is 6.92. The molecule has 1 heteroatoms. The molecule has 3 rings (SSSR count). The molecule has 0 aromatic rings. The molecule has 3 aliphatic carbocycles. The van der Waals surface area contributed by atoms with Gasteiger partial charge in [-0.3, -0.25) is 0 Å². The summed E-state index contributed by atoms with van der Waals surface area (Å²) >= 11 is 0. The largest absolute Gasteiger partial charge is 0.105 e. The number of hydrogen-bond acceptors (Lipinski definition) is 0. The smallest absolute Gasteiger partial charge is 0.103 e. The average Bonchev–Trinajstić information content (AvgIpc) is 2.63. The molecule has 0 saturated heterocycles. The van der Waals surface area contributed by atoms with Crippen LogP contribution in [-0.2, 0) is 0 Å². The van der Waals surface area contributed by atoms with Crippen molar-refractivity contribution >= 4 is 7.85 Å². The van der Waals surface area contributed by atoms with Gasteiger partial charge in [0.25, 0.3) is 0 Å². The number of hydrogen-bond donors (Lipinski definition) is 0. The van der Waals surface area contributed by atoms with E-state index in [9.17, 15) is 0 Å². The summed E-state index contributed by atoms with van der Waals surface area (Å²) < 4.78 is 0. The van der Waals surface area contributed by atoms with Crippen LogP contribution >= 0.6 is 0 Å². The summed E-state index contributed by atoms with van der Waals surface area (Å²) in [5, 5.41) is 0. The summed E-state index contributed by atoms with van der Waals surface area (Å²) in [6, 6.07) is 0. The first-order valence-electron chi connectivity index (χ1n) is 12.1. The number of allylic oxidation sites excluding steroid dienone is 1. The van der Waals surface area contributed by atoms with E-state index in [1.165, 1.54) is 70.6 Å². The molecule has 26 heavy (non-hydrogen) atoms. The van der Waals surface area contributed by atoms with Gasteiger partial charge >= 0.3 is 0 Å². The molecule has 0 aromatic carbocycles. The fraction of sp³-hybridized carbons (Fsp3) is 0.920. The third-order valence-electron chi connectivity index (χ3n) is 8.92. The quantitative estimate of drug-likeness (QED) is 0.358. The predicted molar refractivity (Wildman–Crippen MR) is 118 cm³/mol. The van der Waals surface area contributed by atoms with Crippen LogP contribution in [0.1, 0.15) is 91.4 Å². The Morgan fingerprint density at radius 2 is 1.69 bits per heavy atom. The van der Waals surface area contributed by atoms with Crippen molar-refractivity contribution in [3.05, 3.63) is 12.7 Å². The standard InChI is InChI=1S/C25H45B/c1-5-19(13-20-9-7-6-8-10-20)14-21-15-24(17(2)3)25-16-22(26)11-12-23(25)18(21)4/h5,17-25H,1,6-16,26H2,2-4H3. The SMILES string of the molecule is BC1CCC2C(C)C(CC(C=C)CC3CCCCC3)CC(C(C)C)C2C1. The number of rotatable bonds is 6. The summed E-state index contributed by atoms with van der Waals surface area (Å²) in [6.45, 7) is 11.9. The molecule has 3 fully saturated rings. The van der Waals surface area contributed by atoms with E-state index in [0.29, 0.717) is 0 Å². The van der Waals surface area contributed by atoms with E-state index in [2.05, 4.69) is 41.3 Å². The fourth-order valence-electron chi connectivity index (χ4n) is 7.29. The first-order valence-corrected chi connectivity index (χ1v) is 12.1. The van der Waals surface area contributed by atoms with Crippen molar-refractivity contribution in [1.29, 1.82) is 0 Å². The molecular formula is C25H45B. The molecular weight excluding hydrogens is 311 g/mol. The molecule has 0 radical (unpaired) electrons. The van der Waals surface area contributed by atoms with Gasteiger partial charge in [0.05, 0.1) is 0 Å². The molecule has 148 valence electrons. The summed E-state index contributed by atoms with van der Waals surface area (Å²) in [5.41, 5.74) is 0. The minimum atomic E-state index is 0.775. The van der Waals surface area contributed by atoms with Crippen LogP contribution < -0.4 is 0 Å². The van der Waals surface area contributed by atoms with Crippen LogP contribution in [0.4, 0.5) is 0 Å². The summed E-state index contributed by atoms with van der Waals surface area (Å²) in [5.74, 6) is 8.50. The van der Waals surface area contributed by atoms with Crippen LogP contribution in [0.5, 0.6) is 0 Å². The van der Waals surface area contributed by atoms with E-state index in [1.54, 1.807) is 0 Å². The van der Waals surface area contributed by atoms with Gasteiger partial charge in [-0.1, -0.05) is 84.0 Å². The van der Waals surface area contributed by atoms with E-state index in [0.717, 1.165) is 53.2 Å².